The van der Waals surface area contributed by atoms with Crippen molar-refractivity contribution in [2.24, 2.45) is 10.8 Å². The molecule has 3 rings (SSSR count). The topological polar surface area (TPSA) is 72.8 Å². The Morgan fingerprint density at radius 2 is 1.49 bits per heavy atom. The van der Waals surface area contributed by atoms with Gasteiger partial charge in [0.2, 0.25) is 0 Å². The van der Waals surface area contributed by atoms with Crippen molar-refractivity contribution in [3.63, 3.8) is 0 Å². The fourth-order valence-corrected chi connectivity index (χ4v) is 6.20. The lowest BCUT2D eigenvalue weighted by atomic mass is 9.68. The molecule has 1 saturated carbocycles. The fourth-order valence-electron chi connectivity index (χ4n) is 6.20. The van der Waals surface area contributed by atoms with Gasteiger partial charge in [0.1, 0.15) is 17.0 Å². The monoisotopic (exact) mass is 536 g/mol. The molecule has 0 heterocycles. The van der Waals surface area contributed by atoms with E-state index in [1.54, 1.807) is 12.1 Å². The maximum Gasteiger partial charge on any atom is 0.312 e. The molecule has 2 unspecified atom stereocenters. The van der Waals surface area contributed by atoms with Crippen molar-refractivity contribution in [3.8, 4) is 5.75 Å². The zero-order chi connectivity index (χ0) is 28.9. The molecule has 0 bridgehead atoms. The third-order valence-electron chi connectivity index (χ3n) is 8.72. The Labute approximate surface area is 235 Å². The average molecular weight is 537 g/mol. The van der Waals surface area contributed by atoms with E-state index in [4.69, 9.17) is 9.47 Å². The molecule has 0 amide bonds. The van der Waals surface area contributed by atoms with E-state index in [0.29, 0.717) is 12.8 Å². The van der Waals surface area contributed by atoms with Gasteiger partial charge in [-0.3, -0.25) is 9.59 Å². The molecule has 0 aromatic heterocycles. The predicted octanol–water partition coefficient (Wildman–Crippen LogP) is 8.44. The average Bonchev–Trinajstić information content (AvgIpc) is 3.37. The van der Waals surface area contributed by atoms with Crippen molar-refractivity contribution < 1.29 is 24.2 Å². The number of phenolic OH excluding ortho intramolecular Hbond substituents is 1. The molecule has 0 saturated heterocycles. The number of ether oxygens (including phenoxy) is 2. The van der Waals surface area contributed by atoms with Gasteiger partial charge in [-0.1, -0.05) is 56.3 Å². The first kappa shape index (κ1) is 30.7. The summed E-state index contributed by atoms with van der Waals surface area (Å²) in [5, 5.41) is 9.81. The molecule has 39 heavy (non-hydrogen) atoms. The number of hydrogen-bond acceptors (Lipinski definition) is 5. The van der Waals surface area contributed by atoms with Crippen LogP contribution in [0.3, 0.4) is 0 Å². The first-order valence-corrected chi connectivity index (χ1v) is 14.6. The second-order valence-corrected chi connectivity index (χ2v) is 12.9. The van der Waals surface area contributed by atoms with Crippen LogP contribution in [0.15, 0.2) is 54.6 Å². The summed E-state index contributed by atoms with van der Waals surface area (Å²) in [7, 11) is 0. The molecule has 1 fully saturated rings. The van der Waals surface area contributed by atoms with E-state index in [-0.39, 0.29) is 23.6 Å². The van der Waals surface area contributed by atoms with Crippen LogP contribution in [0.25, 0.3) is 0 Å². The summed E-state index contributed by atoms with van der Waals surface area (Å²) in [5.41, 5.74) is -1.10. The van der Waals surface area contributed by atoms with Crippen molar-refractivity contribution in [2.75, 3.05) is 0 Å². The Hall–Kier alpha value is -2.82. The predicted molar refractivity (Wildman–Crippen MR) is 155 cm³/mol. The summed E-state index contributed by atoms with van der Waals surface area (Å²) < 4.78 is 12.5. The molecule has 2 aromatic carbocycles. The second-order valence-electron chi connectivity index (χ2n) is 12.9. The number of esters is 2. The van der Waals surface area contributed by atoms with Crippen molar-refractivity contribution in [2.45, 2.75) is 117 Å². The van der Waals surface area contributed by atoms with Crippen LogP contribution in [-0.4, -0.2) is 22.6 Å². The molecule has 0 aliphatic heterocycles. The molecule has 0 radical (unpaired) electrons. The van der Waals surface area contributed by atoms with E-state index in [9.17, 15) is 14.7 Å². The normalized spacial score (nSPS) is 17.7. The maximum absolute atomic E-state index is 14.1. The highest BCUT2D eigenvalue weighted by Crippen LogP contribution is 2.46. The van der Waals surface area contributed by atoms with Crippen LogP contribution in [0.5, 0.6) is 5.75 Å². The van der Waals surface area contributed by atoms with Gasteiger partial charge >= 0.3 is 11.9 Å². The lowest BCUT2D eigenvalue weighted by Gasteiger charge is -2.40. The van der Waals surface area contributed by atoms with Crippen molar-refractivity contribution in [3.05, 3.63) is 65.7 Å². The SMILES string of the molecule is CCC(CC(C)(CC(C)(C)C(=O)OC1(CC)CCCC1)C(=O)OC(C)(C)c1ccccc1)c1ccc(O)cc1. The van der Waals surface area contributed by atoms with E-state index in [1.807, 2.05) is 77.1 Å². The van der Waals surface area contributed by atoms with E-state index in [1.165, 1.54) is 0 Å². The minimum atomic E-state index is -0.956. The van der Waals surface area contributed by atoms with Crippen LogP contribution in [0.4, 0.5) is 0 Å². The number of benzene rings is 2. The lowest BCUT2D eigenvalue weighted by Crippen LogP contribution is -2.44. The van der Waals surface area contributed by atoms with Gasteiger partial charge in [0, 0.05) is 0 Å². The number of hydrogen-bond donors (Lipinski definition) is 1. The van der Waals surface area contributed by atoms with Crippen LogP contribution in [0.2, 0.25) is 0 Å². The molecule has 1 N–H and O–H groups in total. The largest absolute Gasteiger partial charge is 0.508 e. The standard InChI is InChI=1S/C34H48O5/c1-8-25(26-17-19-28(35)20-18-26)23-33(7,30(37)38-32(5,6)27-15-11-10-12-16-27)24-31(3,4)29(36)39-34(9-2)21-13-14-22-34/h10-12,15-20,25,35H,8-9,13-14,21-24H2,1-7H3. The third-order valence-corrected chi connectivity index (χ3v) is 8.72. The lowest BCUT2D eigenvalue weighted by molar-refractivity contribution is -0.179. The van der Waals surface area contributed by atoms with Crippen LogP contribution >= 0.6 is 0 Å². The van der Waals surface area contributed by atoms with Gasteiger partial charge < -0.3 is 14.6 Å². The summed E-state index contributed by atoms with van der Waals surface area (Å²) in [5.74, 6) is -0.307. The Bertz CT molecular complexity index is 1100. The number of aromatic hydroxyl groups is 1. The zero-order valence-corrected chi connectivity index (χ0v) is 25.0. The highest BCUT2D eigenvalue weighted by atomic mass is 16.6. The van der Waals surface area contributed by atoms with E-state index < -0.39 is 22.0 Å². The Balaban J connectivity index is 1.92. The smallest absolute Gasteiger partial charge is 0.312 e. The third kappa shape index (κ3) is 7.43. The molecular formula is C34H48O5. The van der Waals surface area contributed by atoms with Crippen LogP contribution in [0.1, 0.15) is 117 Å². The van der Waals surface area contributed by atoms with Crippen LogP contribution in [-0.2, 0) is 24.7 Å². The highest BCUT2D eigenvalue weighted by Gasteiger charge is 2.48. The number of carbonyl (C=O) groups excluding carboxylic acids is 2. The quantitative estimate of drug-likeness (QED) is 0.276. The number of phenols is 1. The summed E-state index contributed by atoms with van der Waals surface area (Å²) in [6.07, 6.45) is 6.36. The highest BCUT2D eigenvalue weighted by molar-refractivity contribution is 5.81. The summed E-state index contributed by atoms with van der Waals surface area (Å²) >= 11 is 0. The Morgan fingerprint density at radius 1 is 0.897 bits per heavy atom. The van der Waals surface area contributed by atoms with Crippen molar-refractivity contribution in [1.29, 1.82) is 0 Å². The fraction of sp³-hybridized carbons (Fsp3) is 0.588. The van der Waals surface area contributed by atoms with Crippen molar-refractivity contribution in [1.82, 2.24) is 0 Å². The van der Waals surface area contributed by atoms with E-state index in [0.717, 1.165) is 49.7 Å². The molecule has 2 aromatic rings. The molecule has 5 nitrogen and oxygen atoms in total. The van der Waals surface area contributed by atoms with Gasteiger partial charge in [0.25, 0.3) is 0 Å². The van der Waals surface area contributed by atoms with Gasteiger partial charge in [0.05, 0.1) is 10.8 Å². The molecule has 0 spiro atoms. The summed E-state index contributed by atoms with van der Waals surface area (Å²) in [6.45, 7) is 13.7. The van der Waals surface area contributed by atoms with Gasteiger partial charge in [-0.2, -0.15) is 0 Å². The zero-order valence-electron chi connectivity index (χ0n) is 25.0. The summed E-state index contributed by atoms with van der Waals surface area (Å²) in [6, 6.07) is 16.9. The minimum Gasteiger partial charge on any atom is -0.508 e. The summed E-state index contributed by atoms with van der Waals surface area (Å²) in [4.78, 5) is 27.8. The van der Waals surface area contributed by atoms with Gasteiger partial charge in [0.15, 0.2) is 0 Å². The second kappa shape index (κ2) is 12.1. The Morgan fingerprint density at radius 3 is 2.03 bits per heavy atom. The molecular weight excluding hydrogens is 488 g/mol. The van der Waals surface area contributed by atoms with Gasteiger partial charge in [-0.05, 0) is 115 Å². The van der Waals surface area contributed by atoms with E-state index in [2.05, 4.69) is 13.8 Å². The molecule has 2 atom stereocenters. The van der Waals surface area contributed by atoms with Crippen LogP contribution in [0, 0.1) is 10.8 Å². The molecule has 1 aliphatic rings. The molecule has 5 heteroatoms. The molecule has 1 aliphatic carbocycles. The van der Waals surface area contributed by atoms with Crippen LogP contribution < -0.4 is 0 Å². The maximum atomic E-state index is 14.1. The number of rotatable bonds is 12. The van der Waals surface area contributed by atoms with E-state index >= 15 is 0 Å². The van der Waals surface area contributed by atoms with Gasteiger partial charge in [-0.25, -0.2) is 0 Å². The first-order chi connectivity index (χ1) is 18.3. The molecule has 214 valence electrons. The first-order valence-electron chi connectivity index (χ1n) is 14.6. The minimum absolute atomic E-state index is 0.0478. The Kier molecular flexibility index (Phi) is 9.56. The van der Waals surface area contributed by atoms with Crippen molar-refractivity contribution >= 4 is 11.9 Å². The number of carbonyl (C=O) groups is 2. The van der Waals surface area contributed by atoms with Gasteiger partial charge in [-0.15, -0.1) is 0 Å².